The Morgan fingerprint density at radius 2 is 1.85 bits per heavy atom. The zero-order valence-electron chi connectivity index (χ0n) is 11.0. The van der Waals surface area contributed by atoms with Crippen molar-refractivity contribution in [2.45, 2.75) is 0 Å². The molecule has 0 radical (unpaired) electrons. The predicted molar refractivity (Wildman–Crippen MR) is 73.7 cm³/mol. The molecule has 1 aliphatic rings. The molecule has 104 valence electrons. The van der Waals surface area contributed by atoms with Crippen molar-refractivity contribution in [2.24, 2.45) is 0 Å². The smallest absolute Gasteiger partial charge is 0.163 e. The van der Waals surface area contributed by atoms with Crippen molar-refractivity contribution in [2.75, 3.05) is 25.6 Å². The average Bonchev–Trinajstić information content (AvgIpc) is 2.47. The Morgan fingerprint density at radius 3 is 2.65 bits per heavy atom. The highest BCUT2D eigenvalue weighted by molar-refractivity contribution is 5.68. The standard InChI is InChI=1S/C15H14FNO3/c1-18-13-4-2-10(16)8-12(13)17-11-3-5-14-15(9-11)20-7-6-19-14/h2-5,8-9,17H,6-7H2,1H3. The largest absolute Gasteiger partial charge is 0.495 e. The summed E-state index contributed by atoms with van der Waals surface area (Å²) in [5, 5.41) is 3.11. The van der Waals surface area contributed by atoms with Crippen molar-refractivity contribution in [1.29, 1.82) is 0 Å². The van der Waals surface area contributed by atoms with Gasteiger partial charge in [0.15, 0.2) is 11.5 Å². The van der Waals surface area contributed by atoms with E-state index in [1.807, 2.05) is 18.2 Å². The molecule has 0 aromatic heterocycles. The van der Waals surface area contributed by atoms with Gasteiger partial charge < -0.3 is 19.5 Å². The predicted octanol–water partition coefficient (Wildman–Crippen LogP) is 3.35. The van der Waals surface area contributed by atoms with E-state index in [1.54, 1.807) is 13.2 Å². The number of methoxy groups -OCH3 is 1. The Morgan fingerprint density at radius 1 is 1.05 bits per heavy atom. The van der Waals surface area contributed by atoms with Crippen molar-refractivity contribution in [3.63, 3.8) is 0 Å². The highest BCUT2D eigenvalue weighted by Gasteiger charge is 2.12. The lowest BCUT2D eigenvalue weighted by atomic mass is 10.2. The van der Waals surface area contributed by atoms with Crippen molar-refractivity contribution in [3.8, 4) is 17.2 Å². The van der Waals surface area contributed by atoms with E-state index >= 15 is 0 Å². The maximum atomic E-state index is 13.3. The van der Waals surface area contributed by atoms with Crippen LogP contribution in [0.15, 0.2) is 36.4 Å². The molecule has 20 heavy (non-hydrogen) atoms. The Kier molecular flexibility index (Phi) is 3.33. The molecule has 0 fully saturated rings. The van der Waals surface area contributed by atoms with Gasteiger partial charge >= 0.3 is 0 Å². The first-order valence-electron chi connectivity index (χ1n) is 6.26. The zero-order valence-corrected chi connectivity index (χ0v) is 11.0. The number of nitrogens with one attached hydrogen (secondary N) is 1. The fourth-order valence-electron chi connectivity index (χ4n) is 2.05. The summed E-state index contributed by atoms with van der Waals surface area (Å²) >= 11 is 0. The quantitative estimate of drug-likeness (QED) is 0.932. The normalized spacial score (nSPS) is 12.9. The summed E-state index contributed by atoms with van der Waals surface area (Å²) in [6.07, 6.45) is 0. The molecule has 5 heteroatoms. The van der Waals surface area contributed by atoms with Crippen LogP contribution in [-0.2, 0) is 0 Å². The molecule has 0 saturated carbocycles. The second kappa shape index (κ2) is 5.28. The van der Waals surface area contributed by atoms with Crippen LogP contribution in [0.1, 0.15) is 0 Å². The van der Waals surface area contributed by atoms with E-state index in [-0.39, 0.29) is 5.82 Å². The Balaban J connectivity index is 1.89. The van der Waals surface area contributed by atoms with Crippen LogP contribution >= 0.6 is 0 Å². The highest BCUT2D eigenvalue weighted by Crippen LogP contribution is 2.35. The van der Waals surface area contributed by atoms with E-state index < -0.39 is 0 Å². The van der Waals surface area contributed by atoms with Crippen molar-refractivity contribution < 1.29 is 18.6 Å². The molecule has 0 amide bonds. The van der Waals surface area contributed by atoms with Gasteiger partial charge in [0.25, 0.3) is 0 Å². The minimum absolute atomic E-state index is 0.328. The fraction of sp³-hybridized carbons (Fsp3) is 0.200. The number of anilines is 2. The molecule has 4 nitrogen and oxygen atoms in total. The Hall–Kier alpha value is -2.43. The van der Waals surface area contributed by atoms with Gasteiger partial charge in [-0.2, -0.15) is 0 Å². The van der Waals surface area contributed by atoms with Gasteiger partial charge in [0.2, 0.25) is 0 Å². The molecule has 1 aliphatic heterocycles. The summed E-state index contributed by atoms with van der Waals surface area (Å²) < 4.78 is 29.5. The van der Waals surface area contributed by atoms with Gasteiger partial charge in [-0.05, 0) is 24.3 Å². The van der Waals surface area contributed by atoms with Crippen molar-refractivity contribution in [3.05, 3.63) is 42.2 Å². The van der Waals surface area contributed by atoms with Gasteiger partial charge in [0.1, 0.15) is 24.8 Å². The molecule has 0 spiro atoms. The van der Waals surface area contributed by atoms with E-state index in [0.717, 1.165) is 5.69 Å². The van der Waals surface area contributed by atoms with Crippen LogP contribution in [-0.4, -0.2) is 20.3 Å². The van der Waals surface area contributed by atoms with Gasteiger partial charge in [-0.15, -0.1) is 0 Å². The lowest BCUT2D eigenvalue weighted by Gasteiger charge is -2.19. The van der Waals surface area contributed by atoms with Crippen LogP contribution in [0.2, 0.25) is 0 Å². The van der Waals surface area contributed by atoms with Crippen LogP contribution in [0.3, 0.4) is 0 Å². The molecule has 0 aliphatic carbocycles. The topological polar surface area (TPSA) is 39.7 Å². The van der Waals surface area contributed by atoms with Crippen molar-refractivity contribution in [1.82, 2.24) is 0 Å². The number of halogens is 1. The first-order chi connectivity index (χ1) is 9.76. The maximum absolute atomic E-state index is 13.3. The summed E-state index contributed by atoms with van der Waals surface area (Å²) in [6, 6.07) is 9.80. The molecule has 1 heterocycles. The maximum Gasteiger partial charge on any atom is 0.163 e. The van der Waals surface area contributed by atoms with Crippen LogP contribution in [0.25, 0.3) is 0 Å². The molecule has 0 saturated heterocycles. The third kappa shape index (κ3) is 2.47. The third-order valence-corrected chi connectivity index (χ3v) is 2.98. The summed E-state index contributed by atoms with van der Waals surface area (Å²) in [5.41, 5.74) is 1.34. The molecule has 0 unspecified atom stereocenters. The van der Waals surface area contributed by atoms with Gasteiger partial charge in [0, 0.05) is 17.8 Å². The van der Waals surface area contributed by atoms with Crippen LogP contribution in [0, 0.1) is 5.82 Å². The molecule has 2 aromatic rings. The molecular formula is C15H14FNO3. The third-order valence-electron chi connectivity index (χ3n) is 2.98. The fourth-order valence-corrected chi connectivity index (χ4v) is 2.05. The van der Waals surface area contributed by atoms with E-state index in [1.165, 1.54) is 12.1 Å². The summed E-state index contributed by atoms with van der Waals surface area (Å²) in [7, 11) is 1.54. The minimum Gasteiger partial charge on any atom is -0.495 e. The van der Waals surface area contributed by atoms with Gasteiger partial charge in [-0.1, -0.05) is 0 Å². The lowest BCUT2D eigenvalue weighted by molar-refractivity contribution is 0.171. The molecular weight excluding hydrogens is 261 g/mol. The molecule has 3 rings (SSSR count). The molecule has 0 bridgehead atoms. The summed E-state index contributed by atoms with van der Waals surface area (Å²) in [5.74, 6) is 1.64. The first kappa shape index (κ1) is 12.6. The Bertz CT molecular complexity index is 631. The van der Waals surface area contributed by atoms with Crippen LogP contribution < -0.4 is 19.5 Å². The summed E-state index contributed by atoms with van der Waals surface area (Å²) in [6.45, 7) is 1.08. The number of ether oxygens (including phenoxy) is 3. The van der Waals surface area contributed by atoms with E-state index in [0.29, 0.717) is 36.1 Å². The second-order valence-corrected chi connectivity index (χ2v) is 4.33. The SMILES string of the molecule is COc1ccc(F)cc1Nc1ccc2c(c1)OCCO2. The number of benzene rings is 2. The van der Waals surface area contributed by atoms with Gasteiger partial charge in [0.05, 0.1) is 12.8 Å². The van der Waals surface area contributed by atoms with E-state index in [2.05, 4.69) is 5.32 Å². The Labute approximate surface area is 116 Å². The van der Waals surface area contributed by atoms with E-state index in [4.69, 9.17) is 14.2 Å². The molecule has 2 aromatic carbocycles. The van der Waals surface area contributed by atoms with E-state index in [9.17, 15) is 4.39 Å². The molecule has 1 N–H and O–H groups in total. The van der Waals surface area contributed by atoms with Crippen LogP contribution in [0.4, 0.5) is 15.8 Å². The van der Waals surface area contributed by atoms with Gasteiger partial charge in [-0.3, -0.25) is 0 Å². The average molecular weight is 275 g/mol. The highest BCUT2D eigenvalue weighted by atomic mass is 19.1. The number of fused-ring (bicyclic) bond motifs is 1. The lowest BCUT2D eigenvalue weighted by Crippen LogP contribution is -2.15. The summed E-state index contributed by atoms with van der Waals surface area (Å²) in [4.78, 5) is 0. The second-order valence-electron chi connectivity index (χ2n) is 4.33. The zero-order chi connectivity index (χ0) is 13.9. The minimum atomic E-state index is -0.328. The number of hydrogen-bond acceptors (Lipinski definition) is 4. The monoisotopic (exact) mass is 275 g/mol. The van der Waals surface area contributed by atoms with Crippen molar-refractivity contribution >= 4 is 11.4 Å². The first-order valence-corrected chi connectivity index (χ1v) is 6.26. The van der Waals surface area contributed by atoms with Crippen LogP contribution in [0.5, 0.6) is 17.2 Å². The number of rotatable bonds is 3. The molecule has 0 atom stereocenters. The van der Waals surface area contributed by atoms with Gasteiger partial charge in [-0.25, -0.2) is 4.39 Å². The number of hydrogen-bond donors (Lipinski definition) is 1.